The molecule has 1 atom stereocenters. The minimum atomic E-state index is -0.0133. The van der Waals surface area contributed by atoms with Gasteiger partial charge in [-0.1, -0.05) is 0 Å². The number of hydrogen-bond acceptors (Lipinski definition) is 5. The van der Waals surface area contributed by atoms with E-state index in [1.807, 2.05) is 60.7 Å². The molecule has 4 rings (SSSR count). The van der Waals surface area contributed by atoms with Gasteiger partial charge < -0.3 is 19.7 Å². The summed E-state index contributed by atoms with van der Waals surface area (Å²) in [6, 6.07) is 9.81. The molecule has 0 radical (unpaired) electrons. The van der Waals surface area contributed by atoms with Gasteiger partial charge >= 0.3 is 0 Å². The molecule has 0 spiro atoms. The predicted molar refractivity (Wildman–Crippen MR) is 134 cm³/mol. The standard InChI is InChI=1S/C22H29N7O2.HI/c1-4-23-22(28-11-12-31-21(16-28)17-13-25-27(2)15-17)24-14-18-9-10-29(26-18)19-5-7-20(30-3)8-6-19;/h5-10,13,15,21H,4,11-12,14,16H2,1-3H3,(H,23,24);1H. The normalized spacial score (nSPS) is 16.5. The second-order valence-electron chi connectivity index (χ2n) is 7.37. The summed E-state index contributed by atoms with van der Waals surface area (Å²) in [5.74, 6) is 1.70. The number of rotatable bonds is 6. The highest BCUT2D eigenvalue weighted by atomic mass is 127. The fourth-order valence-electron chi connectivity index (χ4n) is 3.56. The van der Waals surface area contributed by atoms with Gasteiger partial charge in [0, 0.05) is 38.1 Å². The van der Waals surface area contributed by atoms with E-state index in [9.17, 15) is 0 Å². The van der Waals surface area contributed by atoms with Crippen LogP contribution < -0.4 is 10.1 Å². The summed E-state index contributed by atoms with van der Waals surface area (Å²) in [5, 5.41) is 12.3. The number of halogens is 1. The Morgan fingerprint density at radius 2 is 2.09 bits per heavy atom. The Labute approximate surface area is 205 Å². The molecule has 0 saturated carbocycles. The predicted octanol–water partition coefficient (Wildman–Crippen LogP) is 2.77. The van der Waals surface area contributed by atoms with Crippen molar-refractivity contribution in [2.75, 3.05) is 33.4 Å². The third kappa shape index (κ3) is 5.80. The van der Waals surface area contributed by atoms with E-state index in [1.54, 1.807) is 11.8 Å². The zero-order valence-electron chi connectivity index (χ0n) is 18.6. The van der Waals surface area contributed by atoms with Gasteiger partial charge in [-0.15, -0.1) is 24.0 Å². The maximum absolute atomic E-state index is 5.97. The highest BCUT2D eigenvalue weighted by Crippen LogP contribution is 2.22. The van der Waals surface area contributed by atoms with Crippen LogP contribution in [0.1, 0.15) is 24.3 Å². The van der Waals surface area contributed by atoms with Gasteiger partial charge in [-0.2, -0.15) is 10.2 Å². The number of aryl methyl sites for hydroxylation is 1. The molecule has 1 aromatic carbocycles. The molecule has 1 saturated heterocycles. The number of methoxy groups -OCH3 is 1. The lowest BCUT2D eigenvalue weighted by molar-refractivity contribution is -0.00805. The van der Waals surface area contributed by atoms with Crippen LogP contribution in [0.3, 0.4) is 0 Å². The number of benzene rings is 1. The molecular weight excluding hydrogens is 521 g/mol. The van der Waals surface area contributed by atoms with Gasteiger partial charge in [-0.3, -0.25) is 4.68 Å². The highest BCUT2D eigenvalue weighted by molar-refractivity contribution is 14.0. The maximum Gasteiger partial charge on any atom is 0.194 e. The van der Waals surface area contributed by atoms with Gasteiger partial charge in [-0.25, -0.2) is 9.67 Å². The molecule has 32 heavy (non-hydrogen) atoms. The van der Waals surface area contributed by atoms with Gasteiger partial charge in [0.15, 0.2) is 5.96 Å². The van der Waals surface area contributed by atoms with E-state index in [-0.39, 0.29) is 30.1 Å². The fraction of sp³-hybridized carbons (Fsp3) is 0.409. The molecule has 9 nitrogen and oxygen atoms in total. The lowest BCUT2D eigenvalue weighted by atomic mass is 10.1. The number of morpholine rings is 1. The first-order chi connectivity index (χ1) is 15.2. The van der Waals surface area contributed by atoms with Crippen LogP contribution in [-0.4, -0.2) is 63.8 Å². The van der Waals surface area contributed by atoms with Crippen molar-refractivity contribution in [1.82, 2.24) is 29.8 Å². The fourth-order valence-corrected chi connectivity index (χ4v) is 3.56. The van der Waals surface area contributed by atoms with Crippen LogP contribution in [0.25, 0.3) is 5.69 Å². The van der Waals surface area contributed by atoms with E-state index in [0.717, 1.165) is 48.3 Å². The summed E-state index contributed by atoms with van der Waals surface area (Å²) >= 11 is 0. The van der Waals surface area contributed by atoms with Gasteiger partial charge in [0.2, 0.25) is 0 Å². The van der Waals surface area contributed by atoms with Crippen molar-refractivity contribution in [3.05, 3.63) is 60.2 Å². The molecule has 10 heteroatoms. The first-order valence-corrected chi connectivity index (χ1v) is 10.5. The van der Waals surface area contributed by atoms with Crippen LogP contribution in [0.5, 0.6) is 5.75 Å². The first-order valence-electron chi connectivity index (χ1n) is 10.5. The second-order valence-corrected chi connectivity index (χ2v) is 7.37. The quantitative estimate of drug-likeness (QED) is 0.289. The van der Waals surface area contributed by atoms with Crippen LogP contribution >= 0.6 is 24.0 Å². The van der Waals surface area contributed by atoms with Crippen molar-refractivity contribution < 1.29 is 9.47 Å². The van der Waals surface area contributed by atoms with Gasteiger partial charge in [0.25, 0.3) is 0 Å². The van der Waals surface area contributed by atoms with E-state index in [2.05, 4.69) is 27.3 Å². The van der Waals surface area contributed by atoms with Gasteiger partial charge in [0.1, 0.15) is 11.9 Å². The number of aliphatic imine (C=N–C) groups is 1. The monoisotopic (exact) mass is 551 g/mol. The summed E-state index contributed by atoms with van der Waals surface area (Å²) in [5.41, 5.74) is 2.97. The molecule has 1 fully saturated rings. The molecule has 172 valence electrons. The molecule has 3 aromatic rings. The van der Waals surface area contributed by atoms with Crippen molar-refractivity contribution in [3.63, 3.8) is 0 Å². The molecule has 2 aromatic heterocycles. The molecular formula is C22H30IN7O2. The molecule has 1 aliphatic heterocycles. The Bertz CT molecular complexity index is 1020. The maximum atomic E-state index is 5.97. The Hall–Kier alpha value is -2.60. The molecule has 0 amide bonds. The largest absolute Gasteiger partial charge is 0.497 e. The second kappa shape index (κ2) is 11.3. The minimum Gasteiger partial charge on any atom is -0.497 e. The van der Waals surface area contributed by atoms with Crippen LogP contribution in [0.4, 0.5) is 0 Å². The number of nitrogens with one attached hydrogen (secondary N) is 1. The summed E-state index contributed by atoms with van der Waals surface area (Å²) in [6.07, 6.45) is 5.81. The van der Waals surface area contributed by atoms with Crippen LogP contribution in [-0.2, 0) is 18.3 Å². The summed E-state index contributed by atoms with van der Waals surface area (Å²) in [4.78, 5) is 7.08. The van der Waals surface area contributed by atoms with E-state index in [1.165, 1.54) is 0 Å². The molecule has 3 heterocycles. The number of hydrogen-bond donors (Lipinski definition) is 1. The molecule has 0 aliphatic carbocycles. The Kier molecular flexibility index (Phi) is 8.51. The topological polar surface area (TPSA) is 81.7 Å². The van der Waals surface area contributed by atoms with Gasteiger partial charge in [0.05, 0.1) is 44.4 Å². The van der Waals surface area contributed by atoms with E-state index in [4.69, 9.17) is 14.5 Å². The lowest BCUT2D eigenvalue weighted by Crippen LogP contribution is -2.48. The van der Waals surface area contributed by atoms with E-state index in [0.29, 0.717) is 13.2 Å². The zero-order valence-corrected chi connectivity index (χ0v) is 21.0. The van der Waals surface area contributed by atoms with Crippen molar-refractivity contribution in [2.45, 2.75) is 19.6 Å². The summed E-state index contributed by atoms with van der Waals surface area (Å²) in [7, 11) is 3.58. The highest BCUT2D eigenvalue weighted by Gasteiger charge is 2.25. The third-order valence-electron chi connectivity index (χ3n) is 5.17. The molecule has 0 bridgehead atoms. The summed E-state index contributed by atoms with van der Waals surface area (Å²) in [6.45, 7) is 5.55. The smallest absolute Gasteiger partial charge is 0.194 e. The Morgan fingerprint density at radius 3 is 2.78 bits per heavy atom. The van der Waals surface area contributed by atoms with Crippen molar-refractivity contribution in [3.8, 4) is 11.4 Å². The van der Waals surface area contributed by atoms with Gasteiger partial charge in [-0.05, 0) is 37.3 Å². The van der Waals surface area contributed by atoms with Crippen LogP contribution in [0, 0.1) is 0 Å². The first kappa shape index (κ1) is 24.1. The zero-order chi connectivity index (χ0) is 21.6. The molecule has 1 aliphatic rings. The van der Waals surface area contributed by atoms with Crippen LogP contribution in [0.2, 0.25) is 0 Å². The van der Waals surface area contributed by atoms with Crippen molar-refractivity contribution in [1.29, 1.82) is 0 Å². The summed E-state index contributed by atoms with van der Waals surface area (Å²) < 4.78 is 14.8. The number of ether oxygens (including phenoxy) is 2. The number of guanidine groups is 1. The molecule has 1 N–H and O–H groups in total. The molecule has 1 unspecified atom stereocenters. The van der Waals surface area contributed by atoms with Crippen molar-refractivity contribution in [2.24, 2.45) is 12.0 Å². The van der Waals surface area contributed by atoms with E-state index >= 15 is 0 Å². The number of aromatic nitrogens is 4. The Morgan fingerprint density at radius 1 is 1.28 bits per heavy atom. The average molecular weight is 551 g/mol. The lowest BCUT2D eigenvalue weighted by Gasteiger charge is -2.34. The van der Waals surface area contributed by atoms with Crippen molar-refractivity contribution >= 4 is 29.9 Å². The van der Waals surface area contributed by atoms with Crippen LogP contribution in [0.15, 0.2) is 53.9 Å². The SMILES string of the molecule is CCNC(=NCc1ccn(-c2ccc(OC)cc2)n1)N1CCOC(c2cnn(C)c2)C1.I. The minimum absolute atomic E-state index is 0. The number of nitrogens with zero attached hydrogens (tertiary/aromatic N) is 6. The third-order valence-corrected chi connectivity index (χ3v) is 5.17. The Balaban J connectivity index is 0.00000289. The van der Waals surface area contributed by atoms with E-state index < -0.39 is 0 Å². The average Bonchev–Trinajstić information content (AvgIpc) is 3.46.